The molecule has 8 heteroatoms. The zero-order valence-electron chi connectivity index (χ0n) is 18.3. The highest BCUT2D eigenvalue weighted by Crippen LogP contribution is 2.25. The molecule has 1 heterocycles. The molecule has 0 bridgehead atoms. The summed E-state index contributed by atoms with van der Waals surface area (Å²) in [5, 5.41) is 5.01. The van der Waals surface area contributed by atoms with Crippen LogP contribution in [0.25, 0.3) is 22.8 Å². The third kappa shape index (κ3) is 5.59. The molecule has 0 radical (unpaired) electrons. The molecule has 4 aromatic rings. The van der Waals surface area contributed by atoms with Crippen LogP contribution >= 0.6 is 0 Å². The molecule has 0 fully saturated rings. The van der Waals surface area contributed by atoms with Gasteiger partial charge in [-0.3, -0.25) is 0 Å². The summed E-state index contributed by atoms with van der Waals surface area (Å²) in [4.78, 5) is 0. The highest BCUT2D eigenvalue weighted by atomic mass is 35.7. The Labute approximate surface area is 189 Å². The summed E-state index contributed by atoms with van der Waals surface area (Å²) in [5.41, 5.74) is 8.33. The molecular formula is C24H24ClN3O4. The number of benzene rings is 3. The Balaban J connectivity index is 0.000000523. The number of aryl methyl sites for hydroxylation is 4. The van der Waals surface area contributed by atoms with Gasteiger partial charge in [0.15, 0.2) is 5.69 Å². The van der Waals surface area contributed by atoms with Crippen LogP contribution in [0.1, 0.15) is 22.3 Å². The molecule has 0 aliphatic heterocycles. The van der Waals surface area contributed by atoms with Crippen LogP contribution in [0.3, 0.4) is 0 Å². The van der Waals surface area contributed by atoms with Crippen molar-refractivity contribution in [2.75, 3.05) is 0 Å². The maximum Gasteiger partial charge on any atom is 0.277 e. The highest BCUT2D eigenvalue weighted by molar-refractivity contribution is 5.60. The third-order valence-corrected chi connectivity index (χ3v) is 5.04. The van der Waals surface area contributed by atoms with Crippen LogP contribution in [0.15, 0.2) is 73.1 Å². The van der Waals surface area contributed by atoms with Crippen molar-refractivity contribution in [3.63, 3.8) is 0 Å². The van der Waals surface area contributed by atoms with E-state index in [1.54, 1.807) is 0 Å². The zero-order valence-corrected chi connectivity index (χ0v) is 19.0. The Bertz CT molecular complexity index is 1170. The molecule has 4 rings (SSSR count). The molecule has 32 heavy (non-hydrogen) atoms. The van der Waals surface area contributed by atoms with Gasteiger partial charge in [0.25, 0.3) is 12.2 Å². The average Bonchev–Trinajstić information content (AvgIpc) is 3.11. The normalized spacial score (nSPS) is 11.1. The Morgan fingerprint density at radius 2 is 1.16 bits per heavy atom. The van der Waals surface area contributed by atoms with E-state index in [0.29, 0.717) is 0 Å². The van der Waals surface area contributed by atoms with E-state index >= 15 is 0 Å². The SMILES string of the molecule is Cc1cccc(C)c1-n1c[n+](-c2c(C)cccc2C)nc1-c1ccccc1.[O-][Cl+3]([O-])([O-])[O-]. The van der Waals surface area contributed by atoms with Crippen molar-refractivity contribution in [3.8, 4) is 22.8 Å². The van der Waals surface area contributed by atoms with Gasteiger partial charge in [-0.05, 0) is 67.2 Å². The van der Waals surface area contributed by atoms with Crippen molar-refractivity contribution >= 4 is 0 Å². The van der Waals surface area contributed by atoms with Crippen molar-refractivity contribution in [1.29, 1.82) is 0 Å². The highest BCUT2D eigenvalue weighted by Gasteiger charge is 2.24. The van der Waals surface area contributed by atoms with Crippen molar-refractivity contribution in [1.82, 2.24) is 9.67 Å². The molecule has 0 N–H and O–H groups in total. The van der Waals surface area contributed by atoms with Crippen molar-refractivity contribution in [2.45, 2.75) is 27.7 Å². The first-order valence-corrected chi connectivity index (χ1v) is 11.1. The Kier molecular flexibility index (Phi) is 7.08. The van der Waals surface area contributed by atoms with E-state index in [1.807, 2.05) is 10.7 Å². The van der Waals surface area contributed by atoms with Crippen LogP contribution in [0.2, 0.25) is 0 Å². The maximum atomic E-state index is 8.49. The van der Waals surface area contributed by atoms with Crippen LogP contribution in [-0.2, 0) is 0 Å². The molecule has 7 nitrogen and oxygen atoms in total. The molecule has 1 aromatic heterocycles. The van der Waals surface area contributed by atoms with Crippen LogP contribution in [0, 0.1) is 37.9 Å². The Morgan fingerprint density at radius 3 is 1.66 bits per heavy atom. The predicted molar refractivity (Wildman–Crippen MR) is 109 cm³/mol. The van der Waals surface area contributed by atoms with Crippen LogP contribution < -0.4 is 23.3 Å². The van der Waals surface area contributed by atoms with Gasteiger partial charge in [-0.25, -0.2) is 18.6 Å². The van der Waals surface area contributed by atoms with Gasteiger partial charge in [-0.15, -0.1) is 10.2 Å². The predicted octanol–water partition coefficient (Wildman–Crippen LogP) is 0.294. The van der Waals surface area contributed by atoms with E-state index in [0.717, 1.165) is 17.1 Å². The standard InChI is InChI=1S/C24H24N3.ClHO4/c1-17-10-8-11-18(2)22(17)26-16-27(23-19(3)12-9-13-20(23)4)25-24(26)21-14-6-5-7-15-21;2-1(3,4)5/h5-16H,1-4H3;(H,2,3,4,5)/q+1;/p-1. The van der Waals surface area contributed by atoms with Crippen LogP contribution in [0.4, 0.5) is 0 Å². The lowest BCUT2D eigenvalue weighted by Crippen LogP contribution is -2.68. The summed E-state index contributed by atoms with van der Waals surface area (Å²) < 4.78 is 38.2. The number of halogens is 1. The smallest absolute Gasteiger partial charge is 0.222 e. The van der Waals surface area contributed by atoms with Gasteiger partial charge in [-0.1, -0.05) is 59.3 Å². The molecule has 0 unspecified atom stereocenters. The lowest BCUT2D eigenvalue weighted by Gasteiger charge is -2.17. The van der Waals surface area contributed by atoms with E-state index in [-0.39, 0.29) is 0 Å². The number of hydrogen-bond donors (Lipinski definition) is 0. The van der Waals surface area contributed by atoms with Crippen LogP contribution in [0.5, 0.6) is 0 Å². The fourth-order valence-corrected chi connectivity index (χ4v) is 3.75. The summed E-state index contributed by atoms with van der Waals surface area (Å²) in [7, 11) is -4.94. The van der Waals surface area contributed by atoms with Crippen molar-refractivity contribution in [3.05, 3.63) is 95.3 Å². The fourth-order valence-electron chi connectivity index (χ4n) is 3.75. The summed E-state index contributed by atoms with van der Waals surface area (Å²) in [6, 6.07) is 23.2. The number of nitrogens with zero attached hydrogens (tertiary/aromatic N) is 3. The van der Waals surface area contributed by atoms with E-state index in [1.165, 1.54) is 27.9 Å². The second-order valence-corrected chi connectivity index (χ2v) is 8.23. The van der Waals surface area contributed by atoms with Crippen LogP contribution in [-0.4, -0.2) is 9.67 Å². The van der Waals surface area contributed by atoms with Gasteiger partial charge < -0.3 is 0 Å². The maximum absolute atomic E-state index is 8.49. The summed E-state index contributed by atoms with van der Waals surface area (Å²) in [5.74, 6) is 0.940. The van der Waals surface area contributed by atoms with Gasteiger partial charge in [-0.2, -0.15) is 4.57 Å². The molecule has 0 amide bonds. The van der Waals surface area contributed by atoms with E-state index in [2.05, 4.69) is 99.3 Å². The minimum atomic E-state index is -4.94. The minimum absolute atomic E-state index is 0.940. The zero-order chi connectivity index (χ0) is 23.5. The molecule has 0 aliphatic carbocycles. The lowest BCUT2D eigenvalue weighted by atomic mass is 10.1. The molecule has 0 atom stereocenters. The fraction of sp³-hybridized carbons (Fsp3) is 0.167. The van der Waals surface area contributed by atoms with Gasteiger partial charge in [0, 0.05) is 5.56 Å². The number of rotatable bonds is 3. The molecule has 0 spiro atoms. The molecule has 0 saturated heterocycles. The van der Waals surface area contributed by atoms with E-state index in [4.69, 9.17) is 23.7 Å². The topological polar surface area (TPSA) is 114 Å². The number of para-hydroxylation sites is 2. The molecule has 0 saturated carbocycles. The first-order chi connectivity index (χ1) is 15.1. The lowest BCUT2D eigenvalue weighted by molar-refractivity contribution is -2.00. The average molecular weight is 454 g/mol. The first-order valence-electron chi connectivity index (χ1n) is 9.88. The Hall–Kier alpha value is -3.07. The van der Waals surface area contributed by atoms with Gasteiger partial charge in [0.2, 0.25) is 0 Å². The minimum Gasteiger partial charge on any atom is -0.222 e. The van der Waals surface area contributed by atoms with Gasteiger partial charge in [0.05, 0.1) is 0 Å². The Morgan fingerprint density at radius 1 is 0.688 bits per heavy atom. The summed E-state index contributed by atoms with van der Waals surface area (Å²) in [6.45, 7) is 8.58. The monoisotopic (exact) mass is 453 g/mol. The number of aromatic nitrogens is 3. The van der Waals surface area contributed by atoms with E-state index < -0.39 is 10.2 Å². The van der Waals surface area contributed by atoms with Gasteiger partial charge >= 0.3 is 0 Å². The van der Waals surface area contributed by atoms with E-state index in [9.17, 15) is 0 Å². The quantitative estimate of drug-likeness (QED) is 0.414. The summed E-state index contributed by atoms with van der Waals surface area (Å²) >= 11 is 0. The molecule has 166 valence electrons. The second kappa shape index (κ2) is 9.60. The summed E-state index contributed by atoms with van der Waals surface area (Å²) in [6.07, 6.45) is 2.10. The van der Waals surface area contributed by atoms with Gasteiger partial charge in [0.1, 0.15) is 5.69 Å². The molecular weight excluding hydrogens is 430 g/mol. The molecule has 0 aliphatic rings. The second-order valence-electron chi connectivity index (χ2n) is 7.48. The third-order valence-electron chi connectivity index (χ3n) is 5.04. The first kappa shape index (κ1) is 23.6. The van der Waals surface area contributed by atoms with Crippen molar-refractivity contribution < 1.29 is 33.6 Å². The largest absolute Gasteiger partial charge is 0.277 e. The number of hydrogen-bond acceptors (Lipinski definition) is 5. The van der Waals surface area contributed by atoms with Crippen molar-refractivity contribution in [2.24, 2.45) is 0 Å². The molecule has 3 aromatic carbocycles.